The molecule has 2 amide bonds. The second-order valence-corrected chi connectivity index (χ2v) is 10.3. The number of piperazine rings is 1. The number of rotatable bonds is 2. The van der Waals surface area contributed by atoms with Crippen molar-refractivity contribution in [1.82, 2.24) is 24.8 Å². The summed E-state index contributed by atoms with van der Waals surface area (Å²) in [4.78, 5) is 62.4. The normalized spacial score (nSPS) is 31.3. The molecule has 5 aliphatic rings. The van der Waals surface area contributed by atoms with Crippen LogP contribution in [-0.4, -0.2) is 62.7 Å². The number of hydrogen-bond acceptors (Lipinski definition) is 5. The number of carbonyl (C=O) groups is 2. The lowest BCUT2D eigenvalue weighted by Crippen LogP contribution is -2.58. The van der Waals surface area contributed by atoms with Crippen molar-refractivity contribution in [3.8, 4) is 0 Å². The lowest BCUT2D eigenvalue weighted by atomic mass is 9.49. The van der Waals surface area contributed by atoms with E-state index >= 15 is 0 Å². The molecule has 4 saturated carbocycles. The predicted molar refractivity (Wildman–Crippen MR) is 116 cm³/mol. The Labute approximate surface area is 184 Å². The van der Waals surface area contributed by atoms with Crippen molar-refractivity contribution in [2.75, 3.05) is 26.2 Å². The molecular formula is C23H27N5O4. The summed E-state index contributed by atoms with van der Waals surface area (Å²) < 4.78 is 0. The Balaban J connectivity index is 1.15. The molecule has 1 saturated heterocycles. The molecule has 168 valence electrons. The largest absolute Gasteiger partial charge is 0.339 e. The zero-order valence-corrected chi connectivity index (χ0v) is 17.9. The van der Waals surface area contributed by atoms with E-state index in [0.29, 0.717) is 37.6 Å². The molecule has 0 aromatic carbocycles. The fourth-order valence-electron chi connectivity index (χ4n) is 7.17. The van der Waals surface area contributed by atoms with E-state index in [-0.39, 0.29) is 22.4 Å². The number of amides is 2. The highest BCUT2D eigenvalue weighted by Crippen LogP contribution is 2.60. The standard InChI is InChI=1S/C23H27N5O4/c29-19-17-8-16(12-24-18(17)25-22(32)26-19)20(30)27-1-3-28(4-2-27)21(31)23-9-13-5-14(10-23)7-15(6-13)11-23/h8,12-15H,1-7,9-11H2,(H2,24,25,26,29,32). The maximum Gasteiger partial charge on any atom is 0.327 e. The highest BCUT2D eigenvalue weighted by molar-refractivity contribution is 5.97. The van der Waals surface area contributed by atoms with Gasteiger partial charge in [0.1, 0.15) is 5.65 Å². The molecule has 5 fully saturated rings. The van der Waals surface area contributed by atoms with E-state index in [2.05, 4.69) is 15.0 Å². The molecule has 0 radical (unpaired) electrons. The summed E-state index contributed by atoms with van der Waals surface area (Å²) in [6.07, 6.45) is 8.47. The third-order valence-electron chi connectivity index (χ3n) is 8.18. The van der Waals surface area contributed by atoms with Crippen molar-refractivity contribution in [1.29, 1.82) is 0 Å². The van der Waals surface area contributed by atoms with Gasteiger partial charge in [0, 0.05) is 32.4 Å². The first-order chi connectivity index (χ1) is 15.4. The Hall–Kier alpha value is -2.97. The van der Waals surface area contributed by atoms with Gasteiger partial charge in [-0.3, -0.25) is 24.4 Å². The number of aromatic nitrogens is 3. The minimum Gasteiger partial charge on any atom is -0.339 e. The fourth-order valence-corrected chi connectivity index (χ4v) is 7.17. The van der Waals surface area contributed by atoms with Crippen LogP contribution in [0.15, 0.2) is 21.9 Å². The van der Waals surface area contributed by atoms with E-state index in [4.69, 9.17) is 0 Å². The molecule has 4 bridgehead atoms. The van der Waals surface area contributed by atoms with Crippen molar-refractivity contribution in [3.63, 3.8) is 0 Å². The van der Waals surface area contributed by atoms with Gasteiger partial charge in [-0.1, -0.05) is 0 Å². The van der Waals surface area contributed by atoms with Crippen molar-refractivity contribution in [3.05, 3.63) is 38.7 Å². The van der Waals surface area contributed by atoms with Crippen LogP contribution < -0.4 is 11.2 Å². The molecule has 0 unspecified atom stereocenters. The molecule has 2 N–H and O–H groups in total. The van der Waals surface area contributed by atoms with Crippen molar-refractivity contribution >= 4 is 22.8 Å². The Morgan fingerprint density at radius 1 is 0.906 bits per heavy atom. The lowest BCUT2D eigenvalue weighted by Gasteiger charge is -2.57. The van der Waals surface area contributed by atoms with Crippen LogP contribution in [0.4, 0.5) is 0 Å². The highest BCUT2D eigenvalue weighted by Gasteiger charge is 2.55. The predicted octanol–water partition coefficient (Wildman–Crippen LogP) is 1.11. The third-order valence-corrected chi connectivity index (χ3v) is 8.18. The Kier molecular flexibility index (Phi) is 4.32. The molecule has 3 heterocycles. The smallest absolute Gasteiger partial charge is 0.327 e. The number of nitrogens with one attached hydrogen (secondary N) is 2. The van der Waals surface area contributed by atoms with Gasteiger partial charge in [0.05, 0.1) is 16.4 Å². The first-order valence-electron chi connectivity index (χ1n) is 11.6. The van der Waals surface area contributed by atoms with Gasteiger partial charge in [0.25, 0.3) is 11.5 Å². The second-order valence-electron chi connectivity index (χ2n) is 10.3. The van der Waals surface area contributed by atoms with Crippen molar-refractivity contribution in [2.24, 2.45) is 23.2 Å². The zero-order chi connectivity index (χ0) is 22.0. The first kappa shape index (κ1) is 19.7. The van der Waals surface area contributed by atoms with Gasteiger partial charge in [-0.15, -0.1) is 0 Å². The molecule has 4 aliphatic carbocycles. The minimum absolute atomic E-state index is 0.152. The number of H-pyrrole nitrogens is 2. The molecule has 0 spiro atoms. The summed E-state index contributed by atoms with van der Waals surface area (Å²) >= 11 is 0. The zero-order valence-electron chi connectivity index (χ0n) is 17.9. The van der Waals surface area contributed by atoms with Crippen LogP contribution in [0.25, 0.3) is 11.0 Å². The first-order valence-corrected chi connectivity index (χ1v) is 11.6. The summed E-state index contributed by atoms with van der Waals surface area (Å²) in [5, 5.41) is 0.172. The fraction of sp³-hybridized carbons (Fsp3) is 0.609. The van der Waals surface area contributed by atoms with Gasteiger partial charge in [-0.25, -0.2) is 9.78 Å². The average molecular weight is 438 g/mol. The molecule has 0 atom stereocenters. The van der Waals surface area contributed by atoms with E-state index in [9.17, 15) is 19.2 Å². The van der Waals surface area contributed by atoms with E-state index in [0.717, 1.165) is 37.0 Å². The summed E-state index contributed by atoms with van der Waals surface area (Å²) in [7, 11) is 0. The van der Waals surface area contributed by atoms with Crippen molar-refractivity contribution in [2.45, 2.75) is 38.5 Å². The summed E-state index contributed by atoms with van der Waals surface area (Å²) in [5.74, 6) is 2.28. The van der Waals surface area contributed by atoms with Crippen LogP contribution in [0.2, 0.25) is 0 Å². The van der Waals surface area contributed by atoms with Gasteiger partial charge in [0.15, 0.2) is 0 Å². The van der Waals surface area contributed by atoms with E-state index in [1.807, 2.05) is 4.90 Å². The second kappa shape index (κ2) is 7.02. The van der Waals surface area contributed by atoms with E-state index < -0.39 is 11.2 Å². The monoisotopic (exact) mass is 437 g/mol. The molecule has 1 aliphatic heterocycles. The minimum atomic E-state index is -0.631. The number of hydrogen-bond donors (Lipinski definition) is 2. The third kappa shape index (κ3) is 3.09. The van der Waals surface area contributed by atoms with Gasteiger partial charge >= 0.3 is 5.69 Å². The Morgan fingerprint density at radius 2 is 1.50 bits per heavy atom. The van der Waals surface area contributed by atoms with E-state index in [1.54, 1.807) is 4.90 Å². The maximum atomic E-state index is 13.6. The van der Waals surface area contributed by atoms with Crippen molar-refractivity contribution < 1.29 is 9.59 Å². The average Bonchev–Trinajstić information content (AvgIpc) is 2.77. The van der Waals surface area contributed by atoms with Crippen LogP contribution in [0.3, 0.4) is 0 Å². The van der Waals surface area contributed by atoms with E-state index in [1.165, 1.54) is 31.5 Å². The number of pyridine rings is 1. The summed E-state index contributed by atoms with van der Waals surface area (Å²) in [6.45, 7) is 2.02. The number of carbonyl (C=O) groups excluding carboxylic acids is 2. The highest BCUT2D eigenvalue weighted by atomic mass is 16.2. The van der Waals surface area contributed by atoms with Crippen LogP contribution in [0.1, 0.15) is 48.9 Å². The topological polar surface area (TPSA) is 119 Å². The number of aromatic amines is 2. The number of fused-ring (bicyclic) bond motifs is 1. The molecule has 2 aromatic heterocycles. The van der Waals surface area contributed by atoms with Crippen LogP contribution >= 0.6 is 0 Å². The molecule has 9 heteroatoms. The molecule has 32 heavy (non-hydrogen) atoms. The number of nitrogens with zero attached hydrogens (tertiary/aromatic N) is 3. The molecule has 2 aromatic rings. The quantitative estimate of drug-likeness (QED) is 0.730. The summed E-state index contributed by atoms with van der Waals surface area (Å²) in [6, 6.07) is 1.46. The van der Waals surface area contributed by atoms with Gasteiger partial charge in [0.2, 0.25) is 5.91 Å². The van der Waals surface area contributed by atoms with Gasteiger partial charge in [-0.2, -0.15) is 0 Å². The molecular weight excluding hydrogens is 410 g/mol. The SMILES string of the molecule is O=C(c1cnc2[nH]c(=O)[nH]c(=O)c2c1)N1CCN(C(=O)C23CC4CC(CC(C4)C2)C3)CC1. The lowest BCUT2D eigenvalue weighted by molar-refractivity contribution is -0.159. The van der Waals surface area contributed by atoms with Gasteiger partial charge in [-0.05, 0) is 62.3 Å². The maximum absolute atomic E-state index is 13.6. The summed E-state index contributed by atoms with van der Waals surface area (Å²) in [5.41, 5.74) is -0.899. The Bertz CT molecular complexity index is 1190. The van der Waals surface area contributed by atoms with Gasteiger partial charge < -0.3 is 9.80 Å². The molecule has 7 rings (SSSR count). The van der Waals surface area contributed by atoms with Crippen LogP contribution in [0, 0.1) is 23.2 Å². The molecule has 9 nitrogen and oxygen atoms in total. The van der Waals surface area contributed by atoms with Crippen LogP contribution in [0.5, 0.6) is 0 Å². The van der Waals surface area contributed by atoms with Crippen LogP contribution in [-0.2, 0) is 4.79 Å². The Morgan fingerprint density at radius 3 is 2.12 bits per heavy atom.